The maximum atomic E-state index is 2.20. The zero-order chi connectivity index (χ0) is 15.8. The Kier molecular flexibility index (Phi) is 40.6. The predicted octanol–water partition coefficient (Wildman–Crippen LogP) is 8.23. The van der Waals surface area contributed by atoms with E-state index >= 15 is 0 Å². The maximum Gasteiger partial charge on any atom is 0 e. The van der Waals surface area contributed by atoms with Crippen molar-refractivity contribution in [3.63, 3.8) is 0 Å². The molecule has 0 aliphatic rings. The van der Waals surface area contributed by atoms with E-state index in [4.69, 9.17) is 0 Å². The molecule has 0 bridgehead atoms. The molecule has 0 fully saturated rings. The molecule has 0 aromatic heterocycles. The van der Waals surface area contributed by atoms with E-state index in [1.54, 1.807) is 0 Å². The predicted molar refractivity (Wildman–Crippen MR) is 116 cm³/mol. The monoisotopic (exact) mass is 469 g/mol. The molecular weight excluding hydrogens is 427 g/mol. The summed E-state index contributed by atoms with van der Waals surface area (Å²) >= 11 is 0. The van der Waals surface area contributed by atoms with Gasteiger partial charge < -0.3 is 14.9 Å². The van der Waals surface area contributed by atoms with Crippen LogP contribution >= 0.6 is 0 Å². The Morgan fingerprint density at radius 1 is 0.560 bits per heavy atom. The zero-order valence-electron chi connectivity index (χ0n) is 16.9. The molecule has 0 saturated heterocycles. The topological polar surface area (TPSA) is 0 Å². The zero-order valence-corrected chi connectivity index (χ0v) is 20.5. The second kappa shape index (κ2) is 28.4. The summed E-state index contributed by atoms with van der Waals surface area (Å²) in [4.78, 5) is 0. The summed E-state index contributed by atoms with van der Waals surface area (Å²) in [7, 11) is 0. The molecular formula is C24H42La-2. The summed E-state index contributed by atoms with van der Waals surface area (Å²) in [6.45, 7) is 8.65. The molecule has 0 spiro atoms. The normalized spacial score (nSPS) is 7.52. The summed E-state index contributed by atoms with van der Waals surface area (Å²) in [6, 6.07) is 21.1. The van der Waals surface area contributed by atoms with Gasteiger partial charge >= 0.3 is 0 Å². The molecule has 2 rings (SSSR count). The molecule has 0 unspecified atom stereocenters. The fourth-order valence-electron chi connectivity index (χ4n) is 1.87. The molecule has 1 radical (unpaired) electrons. The van der Waals surface area contributed by atoms with E-state index in [0.717, 1.165) is 0 Å². The quantitative estimate of drug-likeness (QED) is 0.396. The molecule has 0 aliphatic heterocycles. The minimum Gasteiger partial charge on any atom is -0.358 e. The number of aryl methyl sites for hydroxylation is 2. The van der Waals surface area contributed by atoms with Gasteiger partial charge in [-0.15, -0.1) is 0 Å². The van der Waals surface area contributed by atoms with Crippen LogP contribution in [0.3, 0.4) is 0 Å². The second-order valence-electron chi connectivity index (χ2n) is 5.18. The molecule has 2 aromatic carbocycles. The van der Waals surface area contributed by atoms with Crippen molar-refractivity contribution >= 4 is 0 Å². The van der Waals surface area contributed by atoms with E-state index in [2.05, 4.69) is 88.4 Å². The fourth-order valence-corrected chi connectivity index (χ4v) is 1.87. The van der Waals surface area contributed by atoms with Crippen LogP contribution in [0.2, 0.25) is 0 Å². The standard InChI is InChI=1S/2C9H12.C3H8.CH4.2CH3.La/c2*1-2-6-9-7-4-3-5-8-9;1-3-2;;;;/h2*3-5,7-8H,2,6H2,1H3;3H2,1-2H3;1H4;2*1H3;/q;;;;2*-1;. The second-order valence-corrected chi connectivity index (χ2v) is 5.18. The van der Waals surface area contributed by atoms with Gasteiger partial charge in [-0.2, -0.15) is 0 Å². The van der Waals surface area contributed by atoms with Crippen LogP contribution < -0.4 is 0 Å². The van der Waals surface area contributed by atoms with Crippen molar-refractivity contribution in [2.24, 2.45) is 0 Å². The van der Waals surface area contributed by atoms with E-state index < -0.39 is 0 Å². The molecule has 0 nitrogen and oxygen atoms in total. The molecule has 0 aliphatic carbocycles. The first-order valence-electron chi connectivity index (χ1n) is 8.36. The van der Waals surface area contributed by atoms with Crippen LogP contribution in [0.1, 0.15) is 65.5 Å². The molecule has 0 amide bonds. The van der Waals surface area contributed by atoms with Gasteiger partial charge in [-0.1, -0.05) is 115 Å². The summed E-state index contributed by atoms with van der Waals surface area (Å²) in [5, 5.41) is 0. The number of hydrogen-bond donors (Lipinski definition) is 0. The molecule has 0 N–H and O–H groups in total. The van der Waals surface area contributed by atoms with Crippen molar-refractivity contribution in [3.8, 4) is 0 Å². The number of hydrogen-bond acceptors (Lipinski definition) is 0. The summed E-state index contributed by atoms with van der Waals surface area (Å²) in [5.74, 6) is 0. The minimum atomic E-state index is 0. The Morgan fingerprint density at radius 3 is 1.00 bits per heavy atom. The van der Waals surface area contributed by atoms with Gasteiger partial charge in [0, 0.05) is 35.6 Å². The Bertz CT molecular complexity index is 367. The van der Waals surface area contributed by atoms with E-state index in [9.17, 15) is 0 Å². The van der Waals surface area contributed by atoms with Crippen LogP contribution in [0.25, 0.3) is 0 Å². The van der Waals surface area contributed by atoms with E-state index in [0.29, 0.717) is 0 Å². The van der Waals surface area contributed by atoms with Gasteiger partial charge in [0.2, 0.25) is 0 Å². The molecule has 0 heterocycles. The molecule has 0 atom stereocenters. The first-order valence-corrected chi connectivity index (χ1v) is 8.36. The first-order chi connectivity index (χ1) is 10.3. The van der Waals surface area contributed by atoms with Crippen LogP contribution in [0.15, 0.2) is 60.7 Å². The summed E-state index contributed by atoms with van der Waals surface area (Å²) in [6.07, 6.45) is 6.15. The smallest absolute Gasteiger partial charge is 0 e. The van der Waals surface area contributed by atoms with Gasteiger partial charge in [0.15, 0.2) is 0 Å². The third kappa shape index (κ3) is 23.6. The van der Waals surface area contributed by atoms with E-state index in [1.807, 2.05) is 0 Å². The van der Waals surface area contributed by atoms with Crippen molar-refractivity contribution < 1.29 is 35.6 Å². The van der Waals surface area contributed by atoms with Gasteiger partial charge in [-0.3, -0.25) is 0 Å². The fraction of sp³-hybridized carbons (Fsp3) is 0.417. The van der Waals surface area contributed by atoms with Crippen LogP contribution in [0.4, 0.5) is 0 Å². The van der Waals surface area contributed by atoms with Crippen LogP contribution in [-0.4, -0.2) is 0 Å². The summed E-state index contributed by atoms with van der Waals surface area (Å²) in [5.41, 5.74) is 2.89. The van der Waals surface area contributed by atoms with Crippen molar-refractivity contribution in [3.05, 3.63) is 86.6 Å². The molecule has 1 heteroatoms. The van der Waals surface area contributed by atoms with Crippen LogP contribution in [-0.2, 0) is 12.8 Å². The van der Waals surface area contributed by atoms with Gasteiger partial charge in [0.1, 0.15) is 0 Å². The Morgan fingerprint density at radius 2 is 0.800 bits per heavy atom. The molecule has 0 saturated carbocycles. The average Bonchev–Trinajstić information content (AvgIpc) is 2.52. The first kappa shape index (κ1) is 35.7. The molecule has 25 heavy (non-hydrogen) atoms. The Labute approximate surface area is 188 Å². The van der Waals surface area contributed by atoms with Crippen molar-refractivity contribution in [2.45, 2.75) is 67.2 Å². The average molecular weight is 470 g/mol. The third-order valence-electron chi connectivity index (χ3n) is 2.76. The Hall–Kier alpha value is -0.365. The van der Waals surface area contributed by atoms with Crippen molar-refractivity contribution in [1.29, 1.82) is 0 Å². The van der Waals surface area contributed by atoms with E-state index in [1.165, 1.54) is 43.2 Å². The van der Waals surface area contributed by atoms with Gasteiger partial charge in [-0.25, -0.2) is 0 Å². The van der Waals surface area contributed by atoms with Gasteiger partial charge in [0.05, 0.1) is 0 Å². The summed E-state index contributed by atoms with van der Waals surface area (Å²) < 4.78 is 0. The SMILES string of the molecule is C.CCC.CCCc1ccccc1.CCCc1ccccc1.[CH3-].[CH3-].[La]. The number of benzene rings is 2. The number of rotatable bonds is 4. The van der Waals surface area contributed by atoms with Crippen molar-refractivity contribution in [2.75, 3.05) is 0 Å². The Balaban J connectivity index is -0.0000000811. The maximum absolute atomic E-state index is 2.20. The third-order valence-corrected chi connectivity index (χ3v) is 2.76. The van der Waals surface area contributed by atoms with Crippen LogP contribution in [0.5, 0.6) is 0 Å². The van der Waals surface area contributed by atoms with E-state index in [-0.39, 0.29) is 57.9 Å². The van der Waals surface area contributed by atoms with Crippen molar-refractivity contribution in [1.82, 2.24) is 0 Å². The van der Waals surface area contributed by atoms with Crippen LogP contribution in [0, 0.1) is 50.5 Å². The van der Waals surface area contributed by atoms with Gasteiger partial charge in [-0.05, 0) is 24.0 Å². The largest absolute Gasteiger partial charge is 0.358 e. The molecule has 143 valence electrons. The van der Waals surface area contributed by atoms with Gasteiger partial charge in [0.25, 0.3) is 0 Å². The minimum absolute atomic E-state index is 0. The molecule has 2 aromatic rings.